The molecule has 1 aliphatic heterocycles. The van der Waals surface area contributed by atoms with Gasteiger partial charge >= 0.3 is 0 Å². The highest BCUT2D eigenvalue weighted by Crippen LogP contribution is 2.21. The lowest BCUT2D eigenvalue weighted by atomic mass is 10.1. The Morgan fingerprint density at radius 2 is 2.00 bits per heavy atom. The van der Waals surface area contributed by atoms with Crippen LogP contribution in [0.15, 0.2) is 29.2 Å². The molecule has 1 fully saturated rings. The molecule has 1 saturated heterocycles. The Hall–Kier alpha value is -1.13. The summed E-state index contributed by atoms with van der Waals surface area (Å²) in [6.07, 6.45) is 1.40. The number of nitrogens with one attached hydrogen (secondary N) is 1. The van der Waals surface area contributed by atoms with Gasteiger partial charge in [0, 0.05) is 19.1 Å². The summed E-state index contributed by atoms with van der Waals surface area (Å²) < 4.78 is 27.2. The van der Waals surface area contributed by atoms with Crippen LogP contribution < -0.4 is 4.72 Å². The standard InChI is InChI=1S/C13H16ClN3O2S/c14-12-3-1-2-4-13(12)20(18,19)16-11-5-8-17(9-6-11)10-7-15/h1-4,11,16H,5-6,8-10H2. The monoisotopic (exact) mass is 313 g/mol. The molecule has 0 radical (unpaired) electrons. The minimum absolute atomic E-state index is 0.105. The Balaban J connectivity index is 2.01. The molecule has 2 rings (SSSR count). The van der Waals surface area contributed by atoms with E-state index in [-0.39, 0.29) is 16.0 Å². The molecule has 0 unspecified atom stereocenters. The number of benzene rings is 1. The molecule has 1 aromatic rings. The first-order valence-electron chi connectivity index (χ1n) is 6.39. The summed E-state index contributed by atoms with van der Waals surface area (Å²) in [6.45, 7) is 1.84. The van der Waals surface area contributed by atoms with Crippen LogP contribution in [-0.2, 0) is 10.0 Å². The zero-order valence-electron chi connectivity index (χ0n) is 10.9. The van der Waals surface area contributed by atoms with E-state index in [1.54, 1.807) is 18.2 Å². The first-order chi connectivity index (χ1) is 9.53. The van der Waals surface area contributed by atoms with Gasteiger partial charge in [-0.2, -0.15) is 5.26 Å². The molecule has 5 nitrogen and oxygen atoms in total. The Morgan fingerprint density at radius 3 is 2.60 bits per heavy atom. The summed E-state index contributed by atoms with van der Waals surface area (Å²) in [5.74, 6) is 0. The van der Waals surface area contributed by atoms with Gasteiger partial charge in [0.15, 0.2) is 0 Å². The normalized spacial score (nSPS) is 17.8. The number of hydrogen-bond donors (Lipinski definition) is 1. The highest BCUT2D eigenvalue weighted by molar-refractivity contribution is 7.89. The number of hydrogen-bond acceptors (Lipinski definition) is 4. The van der Waals surface area contributed by atoms with Gasteiger partial charge in [0.1, 0.15) is 4.90 Å². The van der Waals surface area contributed by atoms with E-state index in [2.05, 4.69) is 10.8 Å². The minimum atomic E-state index is -3.59. The van der Waals surface area contributed by atoms with Crippen LogP contribution in [0.4, 0.5) is 0 Å². The van der Waals surface area contributed by atoms with Crippen LogP contribution in [0, 0.1) is 11.3 Å². The maximum atomic E-state index is 12.3. The van der Waals surface area contributed by atoms with Crippen molar-refractivity contribution in [3.05, 3.63) is 29.3 Å². The third-order valence-electron chi connectivity index (χ3n) is 3.33. The number of likely N-dealkylation sites (tertiary alicyclic amines) is 1. The number of sulfonamides is 1. The molecule has 0 atom stereocenters. The van der Waals surface area contributed by atoms with Crippen LogP contribution in [-0.4, -0.2) is 39.0 Å². The summed E-state index contributed by atoms with van der Waals surface area (Å²) in [5, 5.41) is 8.86. The van der Waals surface area contributed by atoms with E-state index in [9.17, 15) is 8.42 Å². The highest BCUT2D eigenvalue weighted by atomic mass is 35.5. The third kappa shape index (κ3) is 3.70. The molecule has 0 aromatic heterocycles. The lowest BCUT2D eigenvalue weighted by molar-refractivity contribution is 0.229. The van der Waals surface area contributed by atoms with Crippen molar-refractivity contribution < 1.29 is 8.42 Å². The molecule has 0 aliphatic carbocycles. The van der Waals surface area contributed by atoms with Crippen molar-refractivity contribution in [1.82, 2.24) is 9.62 Å². The minimum Gasteiger partial charge on any atom is -0.290 e. The average molecular weight is 314 g/mol. The first kappa shape index (κ1) is 15.3. The van der Waals surface area contributed by atoms with Gasteiger partial charge in [0.05, 0.1) is 17.6 Å². The summed E-state index contributed by atoms with van der Waals surface area (Å²) in [4.78, 5) is 2.13. The molecule has 7 heteroatoms. The predicted molar refractivity (Wildman–Crippen MR) is 76.8 cm³/mol. The van der Waals surface area contributed by atoms with Gasteiger partial charge in [-0.15, -0.1) is 0 Å². The second-order valence-electron chi connectivity index (χ2n) is 4.76. The smallest absolute Gasteiger partial charge is 0.242 e. The van der Waals surface area contributed by atoms with Gasteiger partial charge in [-0.05, 0) is 25.0 Å². The highest BCUT2D eigenvalue weighted by Gasteiger charge is 2.25. The molecule has 1 aliphatic rings. The van der Waals surface area contributed by atoms with Crippen molar-refractivity contribution in [3.8, 4) is 6.07 Å². The second-order valence-corrected chi connectivity index (χ2v) is 6.85. The number of nitrogens with zero attached hydrogens (tertiary/aromatic N) is 2. The van der Waals surface area contributed by atoms with Crippen LogP contribution in [0.2, 0.25) is 5.02 Å². The zero-order valence-corrected chi connectivity index (χ0v) is 12.5. The van der Waals surface area contributed by atoms with Crippen molar-refractivity contribution in [3.63, 3.8) is 0 Å². The van der Waals surface area contributed by atoms with Crippen molar-refractivity contribution >= 4 is 21.6 Å². The second kappa shape index (κ2) is 6.55. The SMILES string of the molecule is N#CCN1CCC(NS(=O)(=O)c2ccccc2Cl)CC1. The van der Waals surface area contributed by atoms with Crippen LogP contribution in [0.5, 0.6) is 0 Å². The van der Waals surface area contributed by atoms with Gasteiger partial charge in [0.2, 0.25) is 10.0 Å². The Labute approximate surface area is 124 Å². The Bertz CT molecular complexity index is 604. The lowest BCUT2D eigenvalue weighted by Crippen LogP contribution is -2.44. The fourth-order valence-corrected chi connectivity index (χ4v) is 4.08. The molecule has 1 heterocycles. The summed E-state index contributed by atoms with van der Waals surface area (Å²) in [7, 11) is -3.59. The Morgan fingerprint density at radius 1 is 1.35 bits per heavy atom. The van der Waals surface area contributed by atoms with Gasteiger partial charge < -0.3 is 0 Å². The van der Waals surface area contributed by atoms with Crippen molar-refractivity contribution in [2.24, 2.45) is 0 Å². The molecular weight excluding hydrogens is 298 g/mol. The maximum Gasteiger partial charge on any atom is 0.242 e. The average Bonchev–Trinajstić information content (AvgIpc) is 2.41. The summed E-state index contributed by atoms with van der Waals surface area (Å²) in [5.41, 5.74) is 0. The van der Waals surface area contributed by atoms with E-state index in [0.29, 0.717) is 19.4 Å². The maximum absolute atomic E-state index is 12.3. The molecule has 1 aromatic carbocycles. The molecule has 20 heavy (non-hydrogen) atoms. The van der Waals surface area contributed by atoms with E-state index >= 15 is 0 Å². The van der Waals surface area contributed by atoms with Crippen molar-refractivity contribution in [2.75, 3.05) is 19.6 Å². The molecule has 108 valence electrons. The van der Waals surface area contributed by atoms with Gasteiger partial charge in [0.25, 0.3) is 0 Å². The van der Waals surface area contributed by atoms with Crippen LogP contribution >= 0.6 is 11.6 Å². The molecule has 0 saturated carbocycles. The van der Waals surface area contributed by atoms with Crippen LogP contribution in [0.25, 0.3) is 0 Å². The first-order valence-corrected chi connectivity index (χ1v) is 8.25. The number of halogens is 1. The van der Waals surface area contributed by atoms with E-state index in [4.69, 9.17) is 16.9 Å². The molecule has 0 spiro atoms. The Kier molecular flexibility index (Phi) is 5.00. The molecule has 1 N–H and O–H groups in total. The van der Waals surface area contributed by atoms with Gasteiger partial charge in [-0.3, -0.25) is 4.90 Å². The van der Waals surface area contributed by atoms with Crippen LogP contribution in [0.3, 0.4) is 0 Å². The summed E-state index contributed by atoms with van der Waals surface area (Å²) >= 11 is 5.93. The zero-order chi connectivity index (χ0) is 14.6. The topological polar surface area (TPSA) is 73.2 Å². The van der Waals surface area contributed by atoms with Gasteiger partial charge in [-0.1, -0.05) is 23.7 Å². The fraction of sp³-hybridized carbons (Fsp3) is 0.462. The third-order valence-corrected chi connectivity index (χ3v) is 5.35. The summed E-state index contributed by atoms with van der Waals surface area (Å²) in [6, 6.07) is 8.40. The quantitative estimate of drug-likeness (QED) is 0.857. The van der Waals surface area contributed by atoms with Crippen LogP contribution in [0.1, 0.15) is 12.8 Å². The largest absolute Gasteiger partial charge is 0.290 e. The molecule has 0 amide bonds. The van der Waals surface area contributed by atoms with E-state index in [1.165, 1.54) is 6.07 Å². The molecule has 0 bridgehead atoms. The number of piperidine rings is 1. The predicted octanol–water partition coefficient (Wildman–Crippen LogP) is 1.61. The van der Waals surface area contributed by atoms with E-state index in [1.807, 2.05) is 4.90 Å². The van der Waals surface area contributed by atoms with Crippen molar-refractivity contribution in [1.29, 1.82) is 5.26 Å². The van der Waals surface area contributed by atoms with E-state index in [0.717, 1.165) is 13.1 Å². The fourth-order valence-electron chi connectivity index (χ4n) is 2.25. The van der Waals surface area contributed by atoms with Gasteiger partial charge in [-0.25, -0.2) is 13.1 Å². The number of rotatable bonds is 4. The lowest BCUT2D eigenvalue weighted by Gasteiger charge is -2.30. The van der Waals surface area contributed by atoms with E-state index < -0.39 is 10.0 Å². The number of nitriles is 1. The molecular formula is C13H16ClN3O2S. The van der Waals surface area contributed by atoms with Crippen molar-refractivity contribution in [2.45, 2.75) is 23.8 Å².